The molecule has 2 aromatic rings. The van der Waals surface area contributed by atoms with Gasteiger partial charge in [-0.2, -0.15) is 18.4 Å². The minimum absolute atomic E-state index is 0.119. The van der Waals surface area contributed by atoms with Crippen molar-refractivity contribution in [1.82, 2.24) is 9.55 Å². The smallest absolute Gasteiger partial charge is 0.269 e. The summed E-state index contributed by atoms with van der Waals surface area (Å²) >= 11 is 0. The molecule has 96 valence electrons. The van der Waals surface area contributed by atoms with Crippen LogP contribution in [-0.4, -0.2) is 9.55 Å². The standard InChI is InChI=1S/C12H6F3N3O/c13-12(14,15)9-2-1-3-11(19)18(9)10-6-8(7-16)4-5-17-10/h1-6H. The van der Waals surface area contributed by atoms with Crippen molar-refractivity contribution < 1.29 is 13.2 Å². The van der Waals surface area contributed by atoms with Gasteiger partial charge < -0.3 is 0 Å². The predicted molar refractivity (Wildman–Crippen MR) is 59.6 cm³/mol. The van der Waals surface area contributed by atoms with Crippen LogP contribution in [0.15, 0.2) is 41.3 Å². The SMILES string of the molecule is N#Cc1ccnc(-n2c(C(F)(F)F)cccc2=O)c1. The van der Waals surface area contributed by atoms with Crippen LogP contribution in [-0.2, 0) is 6.18 Å². The number of rotatable bonds is 1. The summed E-state index contributed by atoms with van der Waals surface area (Å²) in [6, 6.07) is 7.04. The van der Waals surface area contributed by atoms with Crippen LogP contribution in [0.5, 0.6) is 0 Å². The van der Waals surface area contributed by atoms with Crippen molar-refractivity contribution in [3.63, 3.8) is 0 Å². The third-order valence-electron chi connectivity index (χ3n) is 2.35. The van der Waals surface area contributed by atoms with Crippen molar-refractivity contribution in [3.8, 4) is 11.9 Å². The minimum Gasteiger partial charge on any atom is -0.269 e. The molecule has 0 N–H and O–H groups in total. The maximum absolute atomic E-state index is 12.8. The Morgan fingerprint density at radius 3 is 2.63 bits per heavy atom. The first kappa shape index (κ1) is 12.8. The van der Waals surface area contributed by atoms with E-state index in [-0.39, 0.29) is 11.4 Å². The molecule has 19 heavy (non-hydrogen) atoms. The number of hydrogen-bond donors (Lipinski definition) is 0. The second-order valence-electron chi connectivity index (χ2n) is 3.60. The molecule has 4 nitrogen and oxygen atoms in total. The Morgan fingerprint density at radius 1 is 1.26 bits per heavy atom. The van der Waals surface area contributed by atoms with Crippen molar-refractivity contribution in [1.29, 1.82) is 5.26 Å². The Bertz CT molecular complexity index is 713. The normalized spacial score (nSPS) is 11.1. The van der Waals surface area contributed by atoms with E-state index in [9.17, 15) is 18.0 Å². The first-order chi connectivity index (χ1) is 8.93. The molecule has 0 aliphatic heterocycles. The average Bonchev–Trinajstić information content (AvgIpc) is 2.37. The lowest BCUT2D eigenvalue weighted by molar-refractivity contribution is -0.142. The molecule has 2 heterocycles. The molecule has 0 bridgehead atoms. The van der Waals surface area contributed by atoms with Crippen molar-refractivity contribution >= 4 is 0 Å². The molecule has 0 radical (unpaired) electrons. The molecule has 0 amide bonds. The highest BCUT2D eigenvalue weighted by Gasteiger charge is 2.34. The number of nitrogens with zero attached hydrogens (tertiary/aromatic N) is 3. The number of aromatic nitrogens is 2. The summed E-state index contributed by atoms with van der Waals surface area (Å²) in [5.74, 6) is -0.239. The first-order valence-corrected chi connectivity index (χ1v) is 5.09. The number of halogens is 3. The van der Waals surface area contributed by atoms with Crippen molar-refractivity contribution in [2.45, 2.75) is 6.18 Å². The number of pyridine rings is 2. The molecule has 0 saturated carbocycles. The van der Waals surface area contributed by atoms with Gasteiger partial charge in [0.25, 0.3) is 5.56 Å². The molecule has 0 aromatic carbocycles. The van der Waals surface area contributed by atoms with Gasteiger partial charge in [0, 0.05) is 12.3 Å². The highest BCUT2D eigenvalue weighted by molar-refractivity contribution is 5.37. The molecular formula is C12H6F3N3O. The topological polar surface area (TPSA) is 58.7 Å². The summed E-state index contributed by atoms with van der Waals surface area (Å²) in [5.41, 5.74) is -1.88. The van der Waals surface area contributed by atoms with Crippen LogP contribution in [0.4, 0.5) is 13.2 Å². The molecule has 0 aliphatic carbocycles. The minimum atomic E-state index is -4.69. The van der Waals surface area contributed by atoms with Crippen LogP contribution >= 0.6 is 0 Å². The highest BCUT2D eigenvalue weighted by Crippen LogP contribution is 2.29. The zero-order valence-electron chi connectivity index (χ0n) is 9.35. The van der Waals surface area contributed by atoms with Crippen molar-refractivity contribution in [2.75, 3.05) is 0 Å². The van der Waals surface area contributed by atoms with Gasteiger partial charge in [-0.25, -0.2) is 4.98 Å². The molecule has 0 spiro atoms. The van der Waals surface area contributed by atoms with Gasteiger partial charge in [-0.1, -0.05) is 6.07 Å². The molecule has 7 heteroatoms. The molecule has 0 atom stereocenters. The number of alkyl halides is 3. The van der Waals surface area contributed by atoms with Crippen LogP contribution in [0.2, 0.25) is 0 Å². The summed E-state index contributed by atoms with van der Waals surface area (Å²) < 4.78 is 39.0. The fraction of sp³-hybridized carbons (Fsp3) is 0.0833. The van der Waals surface area contributed by atoms with Crippen molar-refractivity contribution in [2.24, 2.45) is 0 Å². The van der Waals surface area contributed by atoms with E-state index in [0.717, 1.165) is 24.3 Å². The lowest BCUT2D eigenvalue weighted by atomic mass is 10.2. The Morgan fingerprint density at radius 2 is 2.00 bits per heavy atom. The van der Waals surface area contributed by atoms with Crippen molar-refractivity contribution in [3.05, 3.63) is 58.1 Å². The van der Waals surface area contributed by atoms with E-state index in [4.69, 9.17) is 5.26 Å². The molecule has 0 unspecified atom stereocenters. The van der Waals surface area contributed by atoms with Gasteiger partial charge in [-0.3, -0.25) is 9.36 Å². The Hall–Kier alpha value is -2.62. The maximum Gasteiger partial charge on any atom is 0.431 e. The summed E-state index contributed by atoms with van der Waals surface area (Å²) in [6.45, 7) is 0. The first-order valence-electron chi connectivity index (χ1n) is 5.09. The zero-order valence-corrected chi connectivity index (χ0v) is 9.35. The van der Waals surface area contributed by atoms with E-state index >= 15 is 0 Å². The second kappa shape index (κ2) is 4.57. The van der Waals surface area contributed by atoms with Crippen LogP contribution in [0, 0.1) is 11.3 Å². The second-order valence-corrected chi connectivity index (χ2v) is 3.60. The van der Waals surface area contributed by atoms with Crippen LogP contribution in [0.25, 0.3) is 5.82 Å². The summed E-state index contributed by atoms with van der Waals surface area (Å²) in [5, 5.41) is 8.72. The quantitative estimate of drug-likeness (QED) is 0.793. The van der Waals surface area contributed by atoms with Gasteiger partial charge in [0.15, 0.2) is 0 Å². The third-order valence-corrected chi connectivity index (χ3v) is 2.35. The maximum atomic E-state index is 12.8. The van der Waals surface area contributed by atoms with Crippen LogP contribution in [0.1, 0.15) is 11.3 Å². The lowest BCUT2D eigenvalue weighted by Crippen LogP contribution is -2.26. The molecule has 0 saturated heterocycles. The fourth-order valence-electron chi connectivity index (χ4n) is 1.56. The largest absolute Gasteiger partial charge is 0.431 e. The molecule has 0 aliphatic rings. The van der Waals surface area contributed by atoms with Gasteiger partial charge in [0.1, 0.15) is 11.5 Å². The van der Waals surface area contributed by atoms with Gasteiger partial charge in [-0.15, -0.1) is 0 Å². The summed E-state index contributed by atoms with van der Waals surface area (Å²) in [6.07, 6.45) is -3.52. The Balaban J connectivity index is 2.75. The van der Waals surface area contributed by atoms with Gasteiger partial charge in [0.05, 0.1) is 11.6 Å². The van der Waals surface area contributed by atoms with E-state index in [0.29, 0.717) is 4.57 Å². The fourth-order valence-corrected chi connectivity index (χ4v) is 1.56. The predicted octanol–water partition coefficient (Wildman–Crippen LogP) is 2.12. The molecular weight excluding hydrogens is 259 g/mol. The Labute approximate surface area is 105 Å². The monoisotopic (exact) mass is 265 g/mol. The van der Waals surface area contributed by atoms with E-state index in [1.54, 1.807) is 6.07 Å². The zero-order chi connectivity index (χ0) is 14.0. The van der Waals surface area contributed by atoms with Crippen LogP contribution in [0.3, 0.4) is 0 Å². The average molecular weight is 265 g/mol. The summed E-state index contributed by atoms with van der Waals surface area (Å²) in [4.78, 5) is 15.3. The molecule has 0 fully saturated rings. The van der Waals surface area contributed by atoms with Gasteiger partial charge in [-0.05, 0) is 18.2 Å². The van der Waals surface area contributed by atoms with Gasteiger partial charge >= 0.3 is 6.18 Å². The van der Waals surface area contributed by atoms with Gasteiger partial charge in [0.2, 0.25) is 0 Å². The van der Waals surface area contributed by atoms with E-state index in [1.165, 1.54) is 12.3 Å². The summed E-state index contributed by atoms with van der Waals surface area (Å²) in [7, 11) is 0. The molecule has 2 rings (SSSR count). The lowest BCUT2D eigenvalue weighted by Gasteiger charge is -2.14. The number of hydrogen-bond acceptors (Lipinski definition) is 3. The van der Waals surface area contributed by atoms with E-state index < -0.39 is 17.4 Å². The Kier molecular flexibility index (Phi) is 3.09. The van der Waals surface area contributed by atoms with Crippen LogP contribution < -0.4 is 5.56 Å². The highest BCUT2D eigenvalue weighted by atomic mass is 19.4. The third kappa shape index (κ3) is 2.47. The number of nitriles is 1. The molecule has 2 aromatic heterocycles. The van der Waals surface area contributed by atoms with E-state index in [1.807, 2.05) is 0 Å². The van der Waals surface area contributed by atoms with E-state index in [2.05, 4.69) is 4.98 Å².